The molecule has 0 N–H and O–H groups in total. The zero-order valence-corrected chi connectivity index (χ0v) is 21.5. The highest BCUT2D eigenvalue weighted by Crippen LogP contribution is 2.71. The Balaban J connectivity index is 1.34. The van der Waals surface area contributed by atoms with Gasteiger partial charge in [-0.25, -0.2) is 0 Å². The third kappa shape index (κ3) is 2.96. The van der Waals surface area contributed by atoms with Crippen LogP contribution < -0.4 is 0 Å². The summed E-state index contributed by atoms with van der Waals surface area (Å²) in [4.78, 5) is 0. The molecule has 5 saturated carbocycles. The lowest BCUT2D eigenvalue weighted by molar-refractivity contribution is -0.115. The Kier molecular flexibility index (Phi) is 5.27. The van der Waals surface area contributed by atoms with Gasteiger partial charge in [-0.05, 0) is 127 Å². The maximum atomic E-state index is 2.78. The molecule has 0 saturated heterocycles. The van der Waals surface area contributed by atoms with Crippen LogP contribution in [0.3, 0.4) is 0 Å². The van der Waals surface area contributed by atoms with Crippen molar-refractivity contribution in [3.63, 3.8) is 0 Å². The molecule has 11 atom stereocenters. The number of hydrogen-bond acceptors (Lipinski definition) is 0. The maximum Gasteiger partial charge on any atom is -0.0264 e. The second-order valence-corrected chi connectivity index (χ2v) is 14.3. The fourth-order valence-corrected chi connectivity index (χ4v) is 11.0. The summed E-state index contributed by atoms with van der Waals surface area (Å²) in [6.07, 6.45) is 17.0. The van der Waals surface area contributed by atoms with Crippen LogP contribution in [0, 0.1) is 69.5 Å². The first-order valence-electron chi connectivity index (χ1n) is 14.1. The highest BCUT2D eigenvalue weighted by atomic mass is 14.7. The average molecular weight is 413 g/mol. The van der Waals surface area contributed by atoms with Gasteiger partial charge >= 0.3 is 0 Å². The van der Waals surface area contributed by atoms with Gasteiger partial charge in [0, 0.05) is 0 Å². The van der Waals surface area contributed by atoms with Crippen LogP contribution in [0.15, 0.2) is 0 Å². The van der Waals surface area contributed by atoms with Gasteiger partial charge in [-0.3, -0.25) is 0 Å². The Hall–Kier alpha value is 0. The van der Waals surface area contributed by atoms with Crippen LogP contribution in [0.1, 0.15) is 119 Å². The summed E-state index contributed by atoms with van der Waals surface area (Å²) >= 11 is 0. The molecule has 0 radical (unpaired) electrons. The number of fused-ring (bicyclic) bond motifs is 5. The highest BCUT2D eigenvalue weighted by Gasteiger charge is 2.64. The molecule has 172 valence electrons. The molecule has 0 amide bonds. The summed E-state index contributed by atoms with van der Waals surface area (Å²) in [6.45, 7) is 18.3. The first kappa shape index (κ1) is 21.8. The molecule has 5 aliphatic rings. The summed E-state index contributed by atoms with van der Waals surface area (Å²) in [5, 5.41) is 0. The largest absolute Gasteiger partial charge is 0.0625 e. The fraction of sp³-hybridized carbons (Fsp3) is 1.00. The van der Waals surface area contributed by atoms with E-state index in [2.05, 4.69) is 48.5 Å². The Bertz CT molecular complexity index is 648. The molecule has 5 aliphatic carbocycles. The molecule has 0 aromatic heterocycles. The Labute approximate surface area is 188 Å². The van der Waals surface area contributed by atoms with Crippen LogP contribution in [0.2, 0.25) is 0 Å². The minimum atomic E-state index is 0.632. The van der Waals surface area contributed by atoms with Crippen LogP contribution in [-0.2, 0) is 0 Å². The molecule has 0 aliphatic heterocycles. The van der Waals surface area contributed by atoms with Crippen LogP contribution >= 0.6 is 0 Å². The standard InChI is InChI=1S/C30H52/c1-19(2)21(4)30(7)18-27(30)20(3)24-13-14-25-23-12-11-22-10-8-9-16-28(22,5)26(23)15-17-29(24,25)6/h19-27H,8-18H2,1-7H3/t20-,21+,22?,23-,24+,25-,26-,27+,28-,29+,30+/m0/s1. The van der Waals surface area contributed by atoms with Crippen LogP contribution in [0.5, 0.6) is 0 Å². The molecule has 0 bridgehead atoms. The van der Waals surface area contributed by atoms with E-state index < -0.39 is 0 Å². The van der Waals surface area contributed by atoms with Crippen molar-refractivity contribution in [3.05, 3.63) is 0 Å². The van der Waals surface area contributed by atoms with Gasteiger partial charge in [-0.1, -0.05) is 61.3 Å². The smallest absolute Gasteiger partial charge is 0.0264 e. The molecule has 30 heavy (non-hydrogen) atoms. The molecule has 0 nitrogen and oxygen atoms in total. The summed E-state index contributed by atoms with van der Waals surface area (Å²) < 4.78 is 0. The van der Waals surface area contributed by atoms with E-state index in [4.69, 9.17) is 0 Å². The monoisotopic (exact) mass is 412 g/mol. The van der Waals surface area contributed by atoms with Crippen molar-refractivity contribution < 1.29 is 0 Å². The minimum absolute atomic E-state index is 0.632. The molecule has 0 heteroatoms. The fourth-order valence-electron chi connectivity index (χ4n) is 11.0. The third-order valence-corrected chi connectivity index (χ3v) is 13.3. The van der Waals surface area contributed by atoms with Crippen LogP contribution in [-0.4, -0.2) is 0 Å². The van der Waals surface area contributed by atoms with E-state index in [1.807, 2.05) is 0 Å². The molecule has 5 fully saturated rings. The van der Waals surface area contributed by atoms with Crippen molar-refractivity contribution in [1.29, 1.82) is 0 Å². The number of hydrogen-bond donors (Lipinski definition) is 0. The van der Waals surface area contributed by atoms with Gasteiger partial charge in [0.05, 0.1) is 0 Å². The van der Waals surface area contributed by atoms with E-state index in [1.54, 1.807) is 51.4 Å². The molecule has 0 spiro atoms. The van der Waals surface area contributed by atoms with Gasteiger partial charge in [-0.2, -0.15) is 0 Å². The van der Waals surface area contributed by atoms with E-state index in [0.717, 1.165) is 53.3 Å². The molecule has 0 aromatic carbocycles. The van der Waals surface area contributed by atoms with Gasteiger partial charge in [0.25, 0.3) is 0 Å². The van der Waals surface area contributed by atoms with Crippen molar-refractivity contribution in [1.82, 2.24) is 0 Å². The lowest BCUT2D eigenvalue weighted by Crippen LogP contribution is -2.53. The predicted octanol–water partition coefficient (Wildman–Crippen LogP) is 8.99. The van der Waals surface area contributed by atoms with Crippen molar-refractivity contribution >= 4 is 0 Å². The average Bonchev–Trinajstić information content (AvgIpc) is 3.28. The zero-order chi connectivity index (χ0) is 21.5. The molecule has 0 heterocycles. The molecule has 1 unspecified atom stereocenters. The Morgan fingerprint density at radius 1 is 0.667 bits per heavy atom. The van der Waals surface area contributed by atoms with Crippen LogP contribution in [0.25, 0.3) is 0 Å². The zero-order valence-electron chi connectivity index (χ0n) is 21.5. The second kappa shape index (κ2) is 7.25. The van der Waals surface area contributed by atoms with E-state index >= 15 is 0 Å². The second-order valence-electron chi connectivity index (χ2n) is 14.3. The van der Waals surface area contributed by atoms with Crippen molar-refractivity contribution in [2.75, 3.05) is 0 Å². The van der Waals surface area contributed by atoms with Gasteiger partial charge in [0.15, 0.2) is 0 Å². The van der Waals surface area contributed by atoms with E-state index in [1.165, 1.54) is 19.3 Å². The summed E-state index contributed by atoms with van der Waals surface area (Å²) in [5.41, 5.74) is 1.99. The third-order valence-electron chi connectivity index (χ3n) is 13.3. The first-order valence-corrected chi connectivity index (χ1v) is 14.1. The lowest BCUT2D eigenvalue weighted by atomic mass is 9.44. The summed E-state index contributed by atoms with van der Waals surface area (Å²) in [7, 11) is 0. The van der Waals surface area contributed by atoms with Gasteiger partial charge < -0.3 is 0 Å². The van der Waals surface area contributed by atoms with Crippen molar-refractivity contribution in [2.45, 2.75) is 119 Å². The van der Waals surface area contributed by atoms with Gasteiger partial charge in [0.2, 0.25) is 0 Å². The quantitative estimate of drug-likeness (QED) is 0.432. The van der Waals surface area contributed by atoms with Crippen molar-refractivity contribution in [2.24, 2.45) is 69.5 Å². The number of rotatable bonds is 4. The predicted molar refractivity (Wildman–Crippen MR) is 129 cm³/mol. The lowest BCUT2D eigenvalue weighted by Gasteiger charge is -2.61. The molecular formula is C30H52. The topological polar surface area (TPSA) is 0 Å². The maximum absolute atomic E-state index is 2.78. The van der Waals surface area contributed by atoms with Gasteiger partial charge in [0.1, 0.15) is 0 Å². The highest BCUT2D eigenvalue weighted by molar-refractivity contribution is 5.12. The normalized spacial score (nSPS) is 54.8. The molecule has 0 aromatic rings. The summed E-state index contributed by atoms with van der Waals surface area (Å²) in [6, 6.07) is 0. The molecular weight excluding hydrogens is 360 g/mol. The molecule has 5 rings (SSSR count). The van der Waals surface area contributed by atoms with E-state index in [0.29, 0.717) is 16.2 Å². The van der Waals surface area contributed by atoms with E-state index in [9.17, 15) is 0 Å². The SMILES string of the molecule is CC(C)[C@@H](C)[C@@]1(C)C[C@@H]1[C@@H](C)[C@H]1CC[C@H]2[C@@H]3CCC4CCCC[C@]4(C)[C@H]3CC[C@]12C. The van der Waals surface area contributed by atoms with Crippen molar-refractivity contribution in [3.8, 4) is 0 Å². The van der Waals surface area contributed by atoms with Gasteiger partial charge in [-0.15, -0.1) is 0 Å². The minimum Gasteiger partial charge on any atom is -0.0625 e. The van der Waals surface area contributed by atoms with E-state index in [-0.39, 0.29) is 0 Å². The van der Waals surface area contributed by atoms with Crippen LogP contribution in [0.4, 0.5) is 0 Å². The summed E-state index contributed by atoms with van der Waals surface area (Å²) in [5.74, 6) is 8.92. The first-order chi connectivity index (χ1) is 14.1. The Morgan fingerprint density at radius 3 is 2.13 bits per heavy atom. The Morgan fingerprint density at radius 2 is 1.40 bits per heavy atom.